The molecule has 146 heavy (non-hydrogen) atoms. The first kappa shape index (κ1) is 117. The summed E-state index contributed by atoms with van der Waals surface area (Å²) in [5.41, 5.74) is 12.7. The Morgan fingerprint density at radius 1 is 0.356 bits per heavy atom. The average Bonchev–Trinajstić information content (AvgIpc) is 0.764. The van der Waals surface area contributed by atoms with E-state index in [0.29, 0.717) is 43.1 Å². The summed E-state index contributed by atoms with van der Waals surface area (Å²) in [5.74, 6) is -1.83. The van der Waals surface area contributed by atoms with E-state index in [1.165, 1.54) is 53.4 Å². The molecule has 21 atom stereocenters. The van der Waals surface area contributed by atoms with Crippen molar-refractivity contribution < 1.29 is 90.7 Å². The maximum atomic E-state index is 13.2. The van der Waals surface area contributed by atoms with Crippen LogP contribution in [0.2, 0.25) is 0 Å². The van der Waals surface area contributed by atoms with Crippen molar-refractivity contribution in [3.8, 4) is 0 Å². The number of rotatable bonds is 26. The van der Waals surface area contributed by atoms with Crippen molar-refractivity contribution in [2.75, 3.05) is 26.4 Å². The summed E-state index contributed by atoms with van der Waals surface area (Å²) in [7, 11) is 10.0. The summed E-state index contributed by atoms with van der Waals surface area (Å²) in [6.45, 7) is 52.3. The van der Waals surface area contributed by atoms with Gasteiger partial charge < -0.3 is 66.7 Å². The number of carbonyl (C=O) groups excluding carboxylic acids is 5. The van der Waals surface area contributed by atoms with E-state index in [0.717, 1.165) is 60.0 Å². The minimum absolute atomic E-state index is 0.00704. The normalized spacial score (nSPS) is 25.0. The fraction of sp³-hybridized carbons (Fsp3) is 0.458. The number of esters is 5. The summed E-state index contributed by atoms with van der Waals surface area (Å²) >= 11 is 6.38. The van der Waals surface area contributed by atoms with Crippen molar-refractivity contribution in [1.29, 1.82) is 0 Å². The average molecular weight is 2060 g/mol. The molecule has 5 aliphatic rings. The van der Waals surface area contributed by atoms with E-state index < -0.39 is 53.7 Å². The lowest BCUT2D eigenvalue weighted by atomic mass is 9.40. The highest BCUT2D eigenvalue weighted by atomic mass is 32.2. The molecule has 19 nitrogen and oxygen atoms in total. The van der Waals surface area contributed by atoms with E-state index >= 15 is 0 Å². The second-order valence-electron chi connectivity index (χ2n) is 42.7. The molecule has 10 aromatic carbocycles. The van der Waals surface area contributed by atoms with Crippen molar-refractivity contribution in [3.05, 3.63) is 333 Å². The van der Waals surface area contributed by atoms with Crippen LogP contribution in [0.5, 0.6) is 0 Å². The van der Waals surface area contributed by atoms with Crippen LogP contribution in [0, 0.1) is 63.2 Å². The minimum Gasteiger partial charge on any atom is -0.463 e. The van der Waals surface area contributed by atoms with Crippen LogP contribution in [0.25, 0.3) is 0 Å². The molecule has 775 valence electrons. The molecule has 5 aliphatic heterocycles. The monoisotopic (exact) mass is 2050 g/mol. The van der Waals surface area contributed by atoms with Gasteiger partial charge in [-0.05, 0) is 177 Å². The van der Waals surface area contributed by atoms with Crippen LogP contribution >= 0.6 is 47.0 Å². The highest BCUT2D eigenvalue weighted by molar-refractivity contribution is 8.00. The molecule has 5 saturated heterocycles. The van der Waals surface area contributed by atoms with Crippen LogP contribution in [-0.4, -0.2) is 167 Å². The quantitative estimate of drug-likeness (QED) is 0.0302. The van der Waals surface area contributed by atoms with Gasteiger partial charge in [0.15, 0.2) is 6.29 Å². The van der Waals surface area contributed by atoms with E-state index in [1.807, 2.05) is 135 Å². The summed E-state index contributed by atoms with van der Waals surface area (Å²) in [6, 6.07) is 83.3. The molecule has 0 aliphatic carbocycles. The van der Waals surface area contributed by atoms with Crippen molar-refractivity contribution in [3.63, 3.8) is 0 Å². The van der Waals surface area contributed by atoms with Crippen LogP contribution in [0.3, 0.4) is 0 Å². The van der Waals surface area contributed by atoms with Crippen molar-refractivity contribution in [2.45, 2.75) is 310 Å². The number of aliphatic hydroxyl groups excluding tert-OH is 1. The number of aliphatic hydroxyl groups is 1. The van der Waals surface area contributed by atoms with Crippen LogP contribution in [-0.2, 0) is 106 Å². The summed E-state index contributed by atoms with van der Waals surface area (Å²) in [5, 5.41) is 11.2. The lowest BCUT2D eigenvalue weighted by Gasteiger charge is -2.48. The molecule has 0 saturated carbocycles. The zero-order chi connectivity index (χ0) is 106. The number of ether oxygens (including phenoxy) is 13. The molecule has 1 N–H and O–H groups in total. The Morgan fingerprint density at radius 2 is 0.651 bits per heavy atom. The maximum absolute atomic E-state index is 13.2. The molecule has 5 heterocycles. The number of hydrogen-bond donors (Lipinski definition) is 1. The second-order valence-corrected chi connectivity index (χ2v) is 47.2. The molecule has 0 aromatic heterocycles. The van der Waals surface area contributed by atoms with E-state index in [1.54, 1.807) is 83.8 Å². The molecule has 10 aromatic rings. The highest BCUT2D eigenvalue weighted by Crippen LogP contribution is 2.49. The van der Waals surface area contributed by atoms with Gasteiger partial charge in [-0.15, -0.1) is 0 Å². The van der Waals surface area contributed by atoms with Crippen LogP contribution in [0.15, 0.2) is 274 Å². The molecule has 5 fully saturated rings. The van der Waals surface area contributed by atoms with E-state index in [4.69, 9.17) is 61.6 Å². The van der Waals surface area contributed by atoms with Gasteiger partial charge in [0.05, 0.1) is 74.1 Å². The first-order valence-electron chi connectivity index (χ1n) is 50.6. The zero-order valence-electron chi connectivity index (χ0n) is 89.3. The second kappa shape index (κ2) is 54.5. The zero-order valence-corrected chi connectivity index (χ0v) is 92.5. The van der Waals surface area contributed by atoms with E-state index in [2.05, 4.69) is 239 Å². The molecule has 0 bridgehead atoms. The number of hydrogen-bond acceptors (Lipinski definition) is 23. The topological polar surface area (TPSA) is 226 Å². The number of aryl methyl sites for hydroxylation is 4. The number of fused-ring (bicyclic) bond motifs is 1. The summed E-state index contributed by atoms with van der Waals surface area (Å²) in [4.78, 5) is 66.8. The minimum atomic E-state index is -0.849. The lowest BCUT2D eigenvalue weighted by Crippen LogP contribution is -2.58. The third-order valence-corrected chi connectivity index (χ3v) is 32.5. The lowest BCUT2D eigenvalue weighted by molar-refractivity contribution is -0.306. The third-order valence-electron chi connectivity index (χ3n) is 27.3. The standard InChI is InChI=1S/C33H40O4S.C32H36O5S.C32H38O5S.C23H34O5S.B3/c1-22-17-18-27(33(4,5)6)19-29(22)38-32-30(37-31(34)26-15-11-8-12-16-26)24(3)23(2)28(36-32)21-35-20-25-13-9-7-10-14-25;1-20-16-17-24(32(3,4)5)18-26(20)38-31-28(36-29(33)22-12-8-6-9-13-22)21(2)27-25(35-31)19-34-30(37-27)23-14-10-7-11-15-23;1-21-16-17-25(32(3,4)5)18-27(21)38-31-29(37-30(34)24-14-10-7-11-15-24)22(2)28(33)26(36-31)20-35-19-23-12-8-6-9-13-23;1-13-9-10-18(23(6,7)8)11-20(13)29-22-21(27-17(5)25)15(3)14(2)19(28-22)12-26-16(4)24;1-3-2/h7-19,23-24,28,30,32H,20-21H2,1-6H3;6-18,21,25,27-28,30-31H,19H2,1-5H3;6-18,22,26,28-29,31,33H,19-20H2,1-5H3;9-11,14-15,19,21-22H,12H2,1-8H3;/t23-,24-,28?,30?,32-;21-,25?,27-,28?,30?,31-;22-,26?,28-,29?,31-;14-,15-,19?,21?,22-;/m0000./s1. The number of benzene rings is 10. The van der Waals surface area contributed by atoms with Gasteiger partial charge in [0.25, 0.3) is 0 Å². The van der Waals surface area contributed by atoms with Crippen molar-refractivity contribution in [2.24, 2.45) is 35.5 Å². The first-order valence-corrected chi connectivity index (χ1v) is 54.1. The molecule has 0 spiro atoms. The van der Waals surface area contributed by atoms with Gasteiger partial charge in [-0.1, -0.05) is 366 Å². The predicted octanol–water partition coefficient (Wildman–Crippen LogP) is 25.2. The van der Waals surface area contributed by atoms with Crippen molar-refractivity contribution in [1.82, 2.24) is 0 Å². The first-order chi connectivity index (χ1) is 69.3. The van der Waals surface area contributed by atoms with Gasteiger partial charge in [-0.2, -0.15) is 0 Å². The van der Waals surface area contributed by atoms with Gasteiger partial charge in [0.1, 0.15) is 65.0 Å². The molecule has 26 heteroatoms. The maximum Gasteiger partial charge on any atom is 0.338 e. The molecule has 15 rings (SSSR count). The van der Waals surface area contributed by atoms with Crippen molar-refractivity contribution >= 4 is 99.4 Å². The van der Waals surface area contributed by atoms with Gasteiger partial charge in [-0.25, -0.2) is 14.4 Å². The number of carbonyl (C=O) groups is 5. The summed E-state index contributed by atoms with van der Waals surface area (Å²) < 4.78 is 80.0. The molecule has 0 amide bonds. The Morgan fingerprint density at radius 3 is 0.986 bits per heavy atom. The van der Waals surface area contributed by atoms with Crippen LogP contribution in [0.1, 0.15) is 237 Å². The predicted molar refractivity (Wildman–Crippen MR) is 587 cm³/mol. The fourth-order valence-corrected chi connectivity index (χ4v) is 22.8. The smallest absolute Gasteiger partial charge is 0.338 e. The Balaban J connectivity index is 0.000000184. The Bertz CT molecular complexity index is 5500. The van der Waals surface area contributed by atoms with E-state index in [9.17, 15) is 29.1 Å². The van der Waals surface area contributed by atoms with Gasteiger partial charge in [0, 0.05) is 85.2 Å². The van der Waals surface area contributed by atoms with E-state index in [-0.39, 0.29) is 136 Å². The Hall–Kier alpha value is -9.22. The molecular weight excluding hydrogens is 1910 g/mol. The Labute approximate surface area is 888 Å². The SMILES string of the molecule is CC(=O)OCC1O[C@@H](Sc2cc(C(C)(C)C)ccc2C)C(OC(C)=O)[C@@H](C)[C@@H]1C.Cc1ccc(C(C)(C)C)cc1S[C@@H]1OC(COCc2ccccc2)[C@@H](C)[C@H](C)C1OC(=O)c1ccccc1.Cc1ccc(C(C)(C)C)cc1S[C@@H]1OC(COCc2ccccc2)[C@@H](O)[C@H](C)C1OC(=O)c1ccccc1.Cc1ccc(C(C)(C)C)cc1S[C@@H]1OC2COC(c3ccccc3)O[C@H]2[C@H](C)C1OC(=O)c1ccccc1.[B][B][B]. The number of thioether (sulfide) groups is 4. The van der Waals surface area contributed by atoms with Crippen LogP contribution in [0.4, 0.5) is 0 Å². The molecular formula is C120H148B3O19S4. The summed E-state index contributed by atoms with van der Waals surface area (Å²) in [6.07, 6.45) is -4.71. The van der Waals surface area contributed by atoms with Gasteiger partial charge >= 0.3 is 29.8 Å². The largest absolute Gasteiger partial charge is 0.463 e. The van der Waals surface area contributed by atoms with Crippen LogP contribution < -0.4 is 0 Å². The Kier molecular flexibility index (Phi) is 43.7. The molecule has 9 unspecified atom stereocenters. The third kappa shape index (κ3) is 33.4. The molecule has 5 radical (unpaired) electrons. The van der Waals surface area contributed by atoms with Gasteiger partial charge in [0.2, 0.25) is 0 Å². The van der Waals surface area contributed by atoms with Gasteiger partial charge in [-0.3, -0.25) is 9.59 Å². The highest BCUT2D eigenvalue weighted by Gasteiger charge is 2.52. The fourth-order valence-electron chi connectivity index (χ4n) is 17.5.